The van der Waals surface area contributed by atoms with E-state index in [1.165, 1.54) is 16.9 Å². The number of hydrogen-bond acceptors (Lipinski definition) is 2. The van der Waals surface area contributed by atoms with Crippen LogP contribution >= 0.6 is 23.2 Å². The minimum atomic E-state index is -0.243. The average Bonchev–Trinajstić information content (AvgIpc) is 2.25. The molecule has 0 aliphatic rings. The third-order valence-corrected chi connectivity index (χ3v) is 2.69. The molecule has 0 N–H and O–H groups in total. The Morgan fingerprint density at radius 3 is 2.69 bits per heavy atom. The zero-order chi connectivity index (χ0) is 11.5. The van der Waals surface area contributed by atoms with Crippen LogP contribution in [0, 0.1) is 0 Å². The second-order valence-electron chi connectivity index (χ2n) is 3.26. The van der Waals surface area contributed by atoms with Crippen molar-refractivity contribution < 1.29 is 0 Å². The van der Waals surface area contributed by atoms with E-state index in [-0.39, 0.29) is 5.56 Å². The molecular weight excluding hydrogens is 247 g/mol. The molecule has 0 saturated carbocycles. The number of rotatable bonds is 2. The van der Waals surface area contributed by atoms with E-state index in [0.717, 1.165) is 5.56 Å². The number of halogens is 2. The van der Waals surface area contributed by atoms with Crippen molar-refractivity contribution in [1.82, 2.24) is 9.78 Å². The summed E-state index contributed by atoms with van der Waals surface area (Å²) in [6.45, 7) is 0.343. The first-order chi connectivity index (χ1) is 7.66. The Balaban J connectivity index is 2.35. The SMILES string of the molecule is O=c1cc(Cl)cnn1Cc1ccccc1Cl. The van der Waals surface area contributed by atoms with Gasteiger partial charge >= 0.3 is 0 Å². The monoisotopic (exact) mass is 254 g/mol. The van der Waals surface area contributed by atoms with Crippen molar-refractivity contribution in [1.29, 1.82) is 0 Å². The van der Waals surface area contributed by atoms with Crippen LogP contribution in [0.1, 0.15) is 5.56 Å². The van der Waals surface area contributed by atoms with E-state index < -0.39 is 0 Å². The second kappa shape index (κ2) is 4.68. The lowest BCUT2D eigenvalue weighted by Crippen LogP contribution is -2.22. The van der Waals surface area contributed by atoms with Gasteiger partial charge in [0.25, 0.3) is 5.56 Å². The largest absolute Gasteiger partial charge is 0.268 e. The van der Waals surface area contributed by atoms with Crippen LogP contribution in [0.3, 0.4) is 0 Å². The zero-order valence-electron chi connectivity index (χ0n) is 8.23. The highest BCUT2D eigenvalue weighted by molar-refractivity contribution is 6.31. The predicted octanol–water partition coefficient (Wildman–Crippen LogP) is 2.60. The first-order valence-electron chi connectivity index (χ1n) is 4.63. The summed E-state index contributed by atoms with van der Waals surface area (Å²) in [7, 11) is 0. The molecule has 0 aliphatic carbocycles. The van der Waals surface area contributed by atoms with Gasteiger partial charge in [-0.1, -0.05) is 41.4 Å². The third kappa shape index (κ3) is 2.43. The summed E-state index contributed by atoms with van der Waals surface area (Å²) < 4.78 is 1.31. The Bertz CT molecular complexity index is 566. The van der Waals surface area contributed by atoms with Crippen LogP contribution in [-0.2, 0) is 6.54 Å². The van der Waals surface area contributed by atoms with Crippen LogP contribution < -0.4 is 5.56 Å². The van der Waals surface area contributed by atoms with E-state index >= 15 is 0 Å². The molecule has 0 fully saturated rings. The second-order valence-corrected chi connectivity index (χ2v) is 4.10. The van der Waals surface area contributed by atoms with Crippen LogP contribution in [0.4, 0.5) is 0 Å². The lowest BCUT2D eigenvalue weighted by molar-refractivity contribution is 0.639. The normalized spacial score (nSPS) is 10.4. The molecule has 5 heteroatoms. The van der Waals surface area contributed by atoms with Crippen molar-refractivity contribution in [2.45, 2.75) is 6.54 Å². The van der Waals surface area contributed by atoms with Gasteiger partial charge in [0.1, 0.15) is 0 Å². The topological polar surface area (TPSA) is 34.9 Å². The summed E-state index contributed by atoms with van der Waals surface area (Å²) >= 11 is 11.6. The van der Waals surface area contributed by atoms with Crippen molar-refractivity contribution in [3.63, 3.8) is 0 Å². The highest BCUT2D eigenvalue weighted by atomic mass is 35.5. The number of hydrogen-bond donors (Lipinski definition) is 0. The standard InChI is InChI=1S/C11H8Cl2N2O/c12-9-5-11(16)15(14-6-9)7-8-3-1-2-4-10(8)13/h1-6H,7H2. The first kappa shape index (κ1) is 11.2. The molecule has 2 aromatic rings. The van der Waals surface area contributed by atoms with Gasteiger partial charge < -0.3 is 0 Å². The summed E-state index contributed by atoms with van der Waals surface area (Å²) in [5, 5.41) is 4.88. The average molecular weight is 255 g/mol. The molecule has 0 radical (unpaired) electrons. The van der Waals surface area contributed by atoms with Gasteiger partial charge in [-0.3, -0.25) is 4.79 Å². The van der Waals surface area contributed by atoms with Crippen molar-refractivity contribution >= 4 is 23.2 Å². The minimum Gasteiger partial charge on any atom is -0.268 e. The molecule has 0 spiro atoms. The Kier molecular flexibility index (Phi) is 3.27. The fraction of sp³-hybridized carbons (Fsp3) is 0.0909. The fourth-order valence-corrected chi connectivity index (χ4v) is 1.65. The van der Waals surface area contributed by atoms with Gasteiger partial charge in [0.15, 0.2) is 0 Å². The smallest absolute Gasteiger partial charge is 0.268 e. The molecular formula is C11H8Cl2N2O. The third-order valence-electron chi connectivity index (χ3n) is 2.11. The molecule has 0 atom stereocenters. The Labute approximate surface area is 102 Å². The minimum absolute atomic E-state index is 0.243. The molecule has 3 nitrogen and oxygen atoms in total. The van der Waals surface area contributed by atoms with Crippen molar-refractivity contribution in [2.75, 3.05) is 0 Å². The highest BCUT2D eigenvalue weighted by Gasteiger charge is 2.03. The van der Waals surface area contributed by atoms with Gasteiger partial charge in [-0.15, -0.1) is 0 Å². The molecule has 0 aliphatic heterocycles. The maximum Gasteiger partial charge on any atom is 0.268 e. The molecule has 1 heterocycles. The number of benzene rings is 1. The Hall–Kier alpha value is -1.32. The maximum atomic E-state index is 11.5. The summed E-state index contributed by atoms with van der Waals surface area (Å²) in [5.74, 6) is 0. The van der Waals surface area contributed by atoms with Gasteiger partial charge in [0, 0.05) is 11.1 Å². The Morgan fingerprint density at radius 2 is 2.00 bits per heavy atom. The molecule has 0 amide bonds. The maximum absolute atomic E-state index is 11.5. The van der Waals surface area contributed by atoms with Crippen LogP contribution in [0.5, 0.6) is 0 Å². The van der Waals surface area contributed by atoms with Crippen molar-refractivity contribution in [3.8, 4) is 0 Å². The molecule has 0 unspecified atom stereocenters. The number of aromatic nitrogens is 2. The van der Waals surface area contributed by atoms with Crippen molar-refractivity contribution in [3.05, 3.63) is 62.5 Å². The summed E-state index contributed by atoms with van der Waals surface area (Å²) in [6.07, 6.45) is 1.43. The molecule has 82 valence electrons. The van der Waals surface area contributed by atoms with Crippen LogP contribution in [0.15, 0.2) is 41.3 Å². The molecule has 1 aromatic heterocycles. The highest BCUT2D eigenvalue weighted by Crippen LogP contribution is 2.15. The van der Waals surface area contributed by atoms with Gasteiger partial charge in [0.05, 0.1) is 17.8 Å². The summed E-state index contributed by atoms with van der Waals surface area (Å²) in [4.78, 5) is 11.5. The number of nitrogens with zero attached hydrogens (tertiary/aromatic N) is 2. The van der Waals surface area contributed by atoms with E-state index in [4.69, 9.17) is 23.2 Å². The molecule has 2 rings (SSSR count). The van der Waals surface area contributed by atoms with E-state index in [9.17, 15) is 4.79 Å². The lowest BCUT2D eigenvalue weighted by Gasteiger charge is -2.05. The molecule has 1 aromatic carbocycles. The van der Waals surface area contributed by atoms with E-state index in [0.29, 0.717) is 16.6 Å². The molecule has 0 bridgehead atoms. The fourth-order valence-electron chi connectivity index (χ4n) is 1.32. The van der Waals surface area contributed by atoms with Gasteiger partial charge in [-0.25, -0.2) is 4.68 Å². The van der Waals surface area contributed by atoms with Crippen LogP contribution in [0.25, 0.3) is 0 Å². The lowest BCUT2D eigenvalue weighted by atomic mass is 10.2. The molecule has 16 heavy (non-hydrogen) atoms. The summed E-state index contributed by atoms with van der Waals surface area (Å²) in [5.41, 5.74) is 0.605. The first-order valence-corrected chi connectivity index (χ1v) is 5.38. The van der Waals surface area contributed by atoms with E-state index in [1.807, 2.05) is 18.2 Å². The quantitative estimate of drug-likeness (QED) is 0.826. The van der Waals surface area contributed by atoms with Gasteiger partial charge in [-0.2, -0.15) is 5.10 Å². The van der Waals surface area contributed by atoms with Gasteiger partial charge in [0.2, 0.25) is 0 Å². The van der Waals surface area contributed by atoms with Crippen molar-refractivity contribution in [2.24, 2.45) is 0 Å². The van der Waals surface area contributed by atoms with E-state index in [1.54, 1.807) is 6.07 Å². The van der Waals surface area contributed by atoms with E-state index in [2.05, 4.69) is 5.10 Å². The van der Waals surface area contributed by atoms with Gasteiger partial charge in [-0.05, 0) is 11.6 Å². The zero-order valence-corrected chi connectivity index (χ0v) is 9.74. The summed E-state index contributed by atoms with van der Waals surface area (Å²) in [6, 6.07) is 8.65. The predicted molar refractivity (Wildman–Crippen MR) is 64.1 cm³/mol. The van der Waals surface area contributed by atoms with Crippen LogP contribution in [-0.4, -0.2) is 9.78 Å². The Morgan fingerprint density at radius 1 is 1.25 bits per heavy atom. The van der Waals surface area contributed by atoms with Crippen LogP contribution in [0.2, 0.25) is 10.0 Å². The molecule has 0 saturated heterocycles.